The molecule has 0 spiro atoms. The van der Waals surface area contributed by atoms with Crippen LogP contribution >= 0.6 is 15.9 Å². The lowest BCUT2D eigenvalue weighted by Gasteiger charge is -2.09. The van der Waals surface area contributed by atoms with Crippen molar-refractivity contribution in [3.05, 3.63) is 33.3 Å². The molecule has 0 heterocycles. The van der Waals surface area contributed by atoms with Gasteiger partial charge in [-0.2, -0.15) is 5.26 Å². The standard InChI is InChI=1S/C12H12BrNO3/c1-2-17-12(16)5-8-3-9(6-14)11(13)4-10(8)7-15/h3-4,15H,2,5,7H2,1H3. The van der Waals surface area contributed by atoms with E-state index in [4.69, 9.17) is 10.00 Å². The van der Waals surface area contributed by atoms with Crippen LogP contribution in [0.4, 0.5) is 0 Å². The fourth-order valence-electron chi connectivity index (χ4n) is 1.42. The highest BCUT2D eigenvalue weighted by atomic mass is 79.9. The molecule has 0 radical (unpaired) electrons. The summed E-state index contributed by atoms with van der Waals surface area (Å²) >= 11 is 3.23. The van der Waals surface area contributed by atoms with E-state index >= 15 is 0 Å². The molecule has 4 nitrogen and oxygen atoms in total. The fraction of sp³-hybridized carbons (Fsp3) is 0.333. The highest BCUT2D eigenvalue weighted by Crippen LogP contribution is 2.22. The molecule has 0 unspecified atom stereocenters. The van der Waals surface area contributed by atoms with Crippen LogP contribution in [0.3, 0.4) is 0 Å². The third kappa shape index (κ3) is 3.55. The summed E-state index contributed by atoms with van der Waals surface area (Å²) in [6.07, 6.45) is 0.0612. The summed E-state index contributed by atoms with van der Waals surface area (Å²) in [7, 11) is 0. The molecule has 90 valence electrons. The van der Waals surface area contributed by atoms with Crippen LogP contribution in [-0.2, 0) is 22.6 Å². The second kappa shape index (κ2) is 6.38. The Kier molecular flexibility index (Phi) is 5.13. The van der Waals surface area contributed by atoms with E-state index in [9.17, 15) is 9.90 Å². The molecule has 0 aliphatic carbocycles. The average molecular weight is 298 g/mol. The minimum Gasteiger partial charge on any atom is -0.466 e. The molecule has 0 aliphatic heterocycles. The monoisotopic (exact) mass is 297 g/mol. The lowest BCUT2D eigenvalue weighted by molar-refractivity contribution is -0.142. The van der Waals surface area contributed by atoms with Crippen LogP contribution in [0.2, 0.25) is 0 Å². The van der Waals surface area contributed by atoms with Gasteiger partial charge in [-0.3, -0.25) is 4.79 Å². The molecule has 1 aromatic carbocycles. The number of carbonyl (C=O) groups is 1. The van der Waals surface area contributed by atoms with E-state index in [2.05, 4.69) is 15.9 Å². The summed E-state index contributed by atoms with van der Waals surface area (Å²) in [6.45, 7) is 1.86. The molecule has 0 aliphatic rings. The molecule has 5 heteroatoms. The number of aliphatic hydroxyl groups is 1. The van der Waals surface area contributed by atoms with Gasteiger partial charge in [0.1, 0.15) is 6.07 Å². The van der Waals surface area contributed by atoms with Gasteiger partial charge in [0.2, 0.25) is 0 Å². The van der Waals surface area contributed by atoms with E-state index < -0.39 is 0 Å². The molecule has 1 rings (SSSR count). The van der Waals surface area contributed by atoms with Crippen molar-refractivity contribution in [2.45, 2.75) is 20.0 Å². The van der Waals surface area contributed by atoms with Gasteiger partial charge in [-0.25, -0.2) is 0 Å². The van der Waals surface area contributed by atoms with Crippen LogP contribution in [0.1, 0.15) is 23.6 Å². The SMILES string of the molecule is CCOC(=O)Cc1cc(C#N)c(Br)cc1CO. The highest BCUT2D eigenvalue weighted by molar-refractivity contribution is 9.10. The van der Waals surface area contributed by atoms with Gasteiger partial charge in [0.25, 0.3) is 0 Å². The molecule has 1 N–H and O–H groups in total. The second-order valence-corrected chi connectivity index (χ2v) is 4.21. The number of hydrogen-bond donors (Lipinski definition) is 1. The summed E-state index contributed by atoms with van der Waals surface area (Å²) in [5.41, 5.74) is 1.66. The molecule has 17 heavy (non-hydrogen) atoms. The number of carbonyl (C=O) groups excluding carboxylic acids is 1. The summed E-state index contributed by atoms with van der Waals surface area (Å²) in [5.74, 6) is -0.367. The van der Waals surface area contributed by atoms with Gasteiger partial charge in [-0.1, -0.05) is 0 Å². The van der Waals surface area contributed by atoms with Crippen LogP contribution in [0.5, 0.6) is 0 Å². The lowest BCUT2D eigenvalue weighted by Crippen LogP contribution is -2.09. The van der Waals surface area contributed by atoms with Gasteiger partial charge < -0.3 is 9.84 Å². The average Bonchev–Trinajstić information content (AvgIpc) is 2.31. The van der Waals surface area contributed by atoms with Gasteiger partial charge in [-0.15, -0.1) is 0 Å². The number of nitrogens with zero attached hydrogens (tertiary/aromatic N) is 1. The Labute approximate surface area is 108 Å². The van der Waals surface area contributed by atoms with Gasteiger partial charge in [0.05, 0.1) is 25.2 Å². The van der Waals surface area contributed by atoms with Crippen molar-refractivity contribution >= 4 is 21.9 Å². The van der Waals surface area contributed by atoms with E-state index in [0.29, 0.717) is 27.8 Å². The van der Waals surface area contributed by atoms with Crippen LogP contribution in [0.25, 0.3) is 0 Å². The minimum atomic E-state index is -0.367. The van der Waals surface area contributed by atoms with Gasteiger partial charge >= 0.3 is 5.97 Å². The number of esters is 1. The first-order chi connectivity index (χ1) is 8.12. The summed E-state index contributed by atoms with van der Waals surface area (Å²) in [5, 5.41) is 18.1. The Balaban J connectivity index is 3.05. The van der Waals surface area contributed by atoms with Crippen molar-refractivity contribution in [1.82, 2.24) is 0 Å². The predicted octanol–water partition coefficient (Wildman–Crippen LogP) is 1.92. The number of ether oxygens (including phenoxy) is 1. The van der Waals surface area contributed by atoms with Crippen LogP contribution in [0, 0.1) is 11.3 Å². The van der Waals surface area contributed by atoms with Crippen LogP contribution < -0.4 is 0 Å². The van der Waals surface area contributed by atoms with Crippen LogP contribution in [-0.4, -0.2) is 17.7 Å². The normalized spacial score (nSPS) is 9.76. The topological polar surface area (TPSA) is 70.3 Å². The summed E-state index contributed by atoms with van der Waals surface area (Å²) in [4.78, 5) is 11.4. The maximum absolute atomic E-state index is 11.4. The van der Waals surface area contributed by atoms with Crippen molar-refractivity contribution in [3.8, 4) is 6.07 Å². The first-order valence-electron chi connectivity index (χ1n) is 5.10. The van der Waals surface area contributed by atoms with Crippen molar-refractivity contribution in [3.63, 3.8) is 0 Å². The number of rotatable bonds is 4. The number of halogens is 1. The molecule has 0 saturated heterocycles. The molecule has 0 aromatic heterocycles. The van der Waals surface area contributed by atoms with Crippen molar-refractivity contribution < 1.29 is 14.6 Å². The maximum atomic E-state index is 11.4. The molecule has 0 atom stereocenters. The van der Waals surface area contributed by atoms with Gasteiger partial charge in [0.15, 0.2) is 0 Å². The minimum absolute atomic E-state index is 0.0612. The first kappa shape index (κ1) is 13.7. The van der Waals surface area contributed by atoms with Gasteiger partial charge in [0, 0.05) is 4.47 Å². The highest BCUT2D eigenvalue weighted by Gasteiger charge is 2.12. The van der Waals surface area contributed by atoms with Crippen LogP contribution in [0.15, 0.2) is 16.6 Å². The Hall–Kier alpha value is -1.38. The summed E-state index contributed by atoms with van der Waals surface area (Å²) < 4.78 is 5.44. The quantitative estimate of drug-likeness (QED) is 0.862. The molecule has 0 amide bonds. The maximum Gasteiger partial charge on any atom is 0.310 e. The largest absolute Gasteiger partial charge is 0.466 e. The summed E-state index contributed by atoms with van der Waals surface area (Å²) in [6, 6.07) is 5.25. The Morgan fingerprint density at radius 1 is 1.53 bits per heavy atom. The number of benzene rings is 1. The molecule has 0 fully saturated rings. The predicted molar refractivity (Wildman–Crippen MR) is 65.1 cm³/mol. The second-order valence-electron chi connectivity index (χ2n) is 3.35. The third-order valence-corrected chi connectivity index (χ3v) is 2.88. The smallest absolute Gasteiger partial charge is 0.310 e. The Morgan fingerprint density at radius 3 is 2.76 bits per heavy atom. The lowest BCUT2D eigenvalue weighted by atomic mass is 10.0. The van der Waals surface area contributed by atoms with E-state index in [-0.39, 0.29) is 19.0 Å². The van der Waals surface area contributed by atoms with Crippen molar-refractivity contribution in [2.75, 3.05) is 6.61 Å². The van der Waals surface area contributed by atoms with Gasteiger partial charge in [-0.05, 0) is 46.1 Å². The fourth-order valence-corrected chi connectivity index (χ4v) is 1.90. The van der Waals surface area contributed by atoms with Crippen molar-refractivity contribution in [2.24, 2.45) is 0 Å². The Bertz CT molecular complexity index is 466. The zero-order chi connectivity index (χ0) is 12.8. The Morgan fingerprint density at radius 2 is 2.24 bits per heavy atom. The number of nitriles is 1. The number of aliphatic hydroxyl groups excluding tert-OH is 1. The molecule has 1 aromatic rings. The number of hydrogen-bond acceptors (Lipinski definition) is 4. The molecule has 0 saturated carbocycles. The zero-order valence-electron chi connectivity index (χ0n) is 9.36. The molecular formula is C12H12BrNO3. The first-order valence-corrected chi connectivity index (χ1v) is 5.89. The van der Waals surface area contributed by atoms with E-state index in [1.54, 1.807) is 19.1 Å². The molecular weight excluding hydrogens is 286 g/mol. The van der Waals surface area contributed by atoms with Crippen molar-refractivity contribution in [1.29, 1.82) is 5.26 Å². The van der Waals surface area contributed by atoms with E-state index in [0.717, 1.165) is 0 Å². The van der Waals surface area contributed by atoms with E-state index in [1.165, 1.54) is 0 Å². The zero-order valence-corrected chi connectivity index (χ0v) is 11.0. The van der Waals surface area contributed by atoms with E-state index in [1.807, 2.05) is 6.07 Å². The molecule has 0 bridgehead atoms. The third-order valence-electron chi connectivity index (χ3n) is 2.22.